The largest absolute Gasteiger partial charge is 0.481 e. The second-order valence-electron chi connectivity index (χ2n) is 6.95. The highest BCUT2D eigenvalue weighted by molar-refractivity contribution is 8.23. The number of imidazole rings is 1. The lowest BCUT2D eigenvalue weighted by Crippen LogP contribution is -2.24. The summed E-state index contributed by atoms with van der Waals surface area (Å²) in [5.41, 5.74) is 1.23. The molecule has 0 fully saturated rings. The van der Waals surface area contributed by atoms with Crippen LogP contribution < -0.4 is 5.32 Å². The molecule has 0 aliphatic heterocycles. The number of thioether (sulfide) groups is 1. The van der Waals surface area contributed by atoms with E-state index in [0.717, 1.165) is 0 Å². The Bertz CT molecular complexity index is 922. The van der Waals surface area contributed by atoms with Gasteiger partial charge in [0.1, 0.15) is 10.1 Å². The van der Waals surface area contributed by atoms with Gasteiger partial charge in [0, 0.05) is 11.2 Å². The predicted octanol–water partition coefficient (Wildman–Crippen LogP) is 4.90. The van der Waals surface area contributed by atoms with Gasteiger partial charge in [-0.2, -0.15) is 0 Å². The van der Waals surface area contributed by atoms with Crippen molar-refractivity contribution in [3.63, 3.8) is 0 Å². The zero-order valence-corrected chi connectivity index (χ0v) is 18.4. The molecule has 0 saturated carbocycles. The van der Waals surface area contributed by atoms with E-state index in [-0.39, 0.29) is 13.0 Å². The van der Waals surface area contributed by atoms with Gasteiger partial charge in [-0.15, -0.1) is 0 Å². The van der Waals surface area contributed by atoms with E-state index in [0.29, 0.717) is 37.6 Å². The molecule has 2 aromatic rings. The Hall–Kier alpha value is -1.84. The number of aromatic nitrogens is 2. The molecule has 2 rings (SSSR count). The molecule has 0 unspecified atom stereocenters. The summed E-state index contributed by atoms with van der Waals surface area (Å²) in [6, 6.07) is 3.36. The Morgan fingerprint density at radius 3 is 2.64 bits per heavy atom. The SMILES string of the molecule is CCOC(=O)n1c(C(C)(C)C)nc2cc(Cl)c(NC(=S)SCCC(=O)O)cc21. The standard InChI is InChI=1S/C18H22ClN3O4S2/c1-5-26-17(25)22-13-9-11(21-16(27)28-7-6-14(23)24)10(19)8-12(13)20-15(22)18(2,3)4/h8-9H,5-7H2,1-4H3,(H,21,27)(H,23,24). The number of nitrogens with zero attached hydrogens (tertiary/aromatic N) is 2. The molecule has 1 heterocycles. The summed E-state index contributed by atoms with van der Waals surface area (Å²) in [7, 11) is 0. The minimum atomic E-state index is -0.886. The van der Waals surface area contributed by atoms with E-state index >= 15 is 0 Å². The highest BCUT2D eigenvalue weighted by atomic mass is 35.5. The maximum atomic E-state index is 12.6. The number of carboxylic acids is 1. The number of carboxylic acid groups (broad SMARTS) is 1. The third kappa shape index (κ3) is 5.36. The van der Waals surface area contributed by atoms with E-state index in [1.807, 2.05) is 20.8 Å². The van der Waals surface area contributed by atoms with Crippen LogP contribution in [0.3, 0.4) is 0 Å². The van der Waals surface area contributed by atoms with E-state index in [1.54, 1.807) is 19.1 Å². The number of benzene rings is 1. The van der Waals surface area contributed by atoms with Gasteiger partial charge in [-0.3, -0.25) is 4.79 Å². The summed E-state index contributed by atoms with van der Waals surface area (Å²) in [6.45, 7) is 7.85. The predicted molar refractivity (Wildman–Crippen MR) is 117 cm³/mol. The molecule has 1 aromatic carbocycles. The molecule has 0 aliphatic rings. The first-order valence-corrected chi connectivity index (χ1v) is 10.4. The molecule has 0 spiro atoms. The number of anilines is 1. The molecule has 1 aromatic heterocycles. The summed E-state index contributed by atoms with van der Waals surface area (Å²) >= 11 is 12.8. The molecule has 0 bridgehead atoms. The Morgan fingerprint density at radius 1 is 1.39 bits per heavy atom. The first-order chi connectivity index (χ1) is 13.0. The van der Waals surface area contributed by atoms with Crippen LogP contribution in [0.2, 0.25) is 5.02 Å². The van der Waals surface area contributed by atoms with Crippen LogP contribution >= 0.6 is 35.6 Å². The third-order valence-corrected chi connectivity index (χ3v) is 5.19. The van der Waals surface area contributed by atoms with Crippen LogP contribution in [0.15, 0.2) is 12.1 Å². The number of hydrogen-bond acceptors (Lipinski definition) is 6. The van der Waals surface area contributed by atoms with Crippen molar-refractivity contribution >= 4 is 68.7 Å². The number of aliphatic carboxylic acids is 1. The maximum absolute atomic E-state index is 12.6. The van der Waals surface area contributed by atoms with Gasteiger partial charge in [0.15, 0.2) is 0 Å². The summed E-state index contributed by atoms with van der Waals surface area (Å²) in [4.78, 5) is 27.8. The summed E-state index contributed by atoms with van der Waals surface area (Å²) in [5, 5.41) is 12.1. The fourth-order valence-electron chi connectivity index (χ4n) is 2.45. The Labute approximate surface area is 177 Å². The molecule has 28 heavy (non-hydrogen) atoms. The van der Waals surface area contributed by atoms with Gasteiger partial charge in [-0.25, -0.2) is 14.3 Å². The van der Waals surface area contributed by atoms with Gasteiger partial charge in [-0.05, 0) is 19.1 Å². The summed E-state index contributed by atoms with van der Waals surface area (Å²) in [5.74, 6) is 0.0195. The number of ether oxygens (including phenoxy) is 1. The number of thiocarbonyl (C=S) groups is 1. The number of carbonyl (C=O) groups excluding carboxylic acids is 1. The van der Waals surface area contributed by atoms with Crippen molar-refractivity contribution in [2.75, 3.05) is 17.7 Å². The Balaban J connectivity index is 2.43. The lowest BCUT2D eigenvalue weighted by molar-refractivity contribution is -0.136. The minimum absolute atomic E-state index is 0.00380. The van der Waals surface area contributed by atoms with E-state index < -0.39 is 17.5 Å². The van der Waals surface area contributed by atoms with Crippen LogP contribution in [-0.4, -0.2) is 43.4 Å². The molecule has 0 saturated heterocycles. The van der Waals surface area contributed by atoms with Crippen LogP contribution in [0.1, 0.15) is 39.9 Å². The highest BCUT2D eigenvalue weighted by Crippen LogP contribution is 2.33. The topological polar surface area (TPSA) is 93.5 Å². The van der Waals surface area contributed by atoms with Crippen LogP contribution in [0.25, 0.3) is 11.0 Å². The molecule has 0 amide bonds. The molecule has 2 N–H and O–H groups in total. The van der Waals surface area contributed by atoms with E-state index in [1.165, 1.54) is 16.3 Å². The number of fused-ring (bicyclic) bond motifs is 1. The van der Waals surface area contributed by atoms with Crippen molar-refractivity contribution in [2.24, 2.45) is 0 Å². The number of halogens is 1. The van der Waals surface area contributed by atoms with Crippen molar-refractivity contribution in [3.05, 3.63) is 23.0 Å². The number of hydrogen-bond donors (Lipinski definition) is 2. The first kappa shape index (κ1) is 22.4. The van der Waals surface area contributed by atoms with E-state index in [2.05, 4.69) is 10.3 Å². The van der Waals surface area contributed by atoms with Gasteiger partial charge >= 0.3 is 12.1 Å². The molecule has 0 atom stereocenters. The lowest BCUT2D eigenvalue weighted by Gasteiger charge is -2.19. The summed E-state index contributed by atoms with van der Waals surface area (Å²) in [6.07, 6.45) is -0.509. The van der Waals surface area contributed by atoms with Crippen molar-refractivity contribution in [3.8, 4) is 0 Å². The molecule has 152 valence electrons. The number of rotatable bonds is 5. The highest BCUT2D eigenvalue weighted by Gasteiger charge is 2.27. The molecule has 10 heteroatoms. The van der Waals surface area contributed by atoms with Gasteiger partial charge in [0.2, 0.25) is 0 Å². The van der Waals surface area contributed by atoms with Gasteiger partial charge in [0.05, 0.1) is 34.8 Å². The van der Waals surface area contributed by atoms with Crippen molar-refractivity contribution in [1.29, 1.82) is 0 Å². The van der Waals surface area contributed by atoms with Gasteiger partial charge in [-0.1, -0.05) is 56.4 Å². The Morgan fingerprint density at radius 2 is 2.07 bits per heavy atom. The Kier molecular flexibility index (Phi) is 7.30. The van der Waals surface area contributed by atoms with Crippen LogP contribution in [0.4, 0.5) is 10.5 Å². The van der Waals surface area contributed by atoms with Crippen LogP contribution in [0, 0.1) is 0 Å². The van der Waals surface area contributed by atoms with E-state index in [9.17, 15) is 9.59 Å². The molecule has 7 nitrogen and oxygen atoms in total. The molecule has 0 radical (unpaired) electrons. The minimum Gasteiger partial charge on any atom is -0.481 e. The fraction of sp³-hybridized carbons (Fsp3) is 0.444. The van der Waals surface area contributed by atoms with Crippen molar-refractivity contribution in [1.82, 2.24) is 9.55 Å². The third-order valence-electron chi connectivity index (χ3n) is 3.65. The first-order valence-electron chi connectivity index (χ1n) is 8.59. The molecular weight excluding hydrogens is 422 g/mol. The second-order valence-corrected chi connectivity index (χ2v) is 9.12. The van der Waals surface area contributed by atoms with Crippen LogP contribution in [-0.2, 0) is 14.9 Å². The lowest BCUT2D eigenvalue weighted by atomic mass is 9.96. The second kappa shape index (κ2) is 9.11. The number of carbonyl (C=O) groups is 2. The summed E-state index contributed by atoms with van der Waals surface area (Å²) < 4.78 is 7.04. The average Bonchev–Trinajstić information content (AvgIpc) is 2.93. The van der Waals surface area contributed by atoms with Crippen molar-refractivity contribution in [2.45, 2.75) is 39.5 Å². The smallest absolute Gasteiger partial charge is 0.419 e. The van der Waals surface area contributed by atoms with Crippen molar-refractivity contribution < 1.29 is 19.4 Å². The monoisotopic (exact) mass is 443 g/mol. The molecular formula is C18H22ClN3O4S2. The van der Waals surface area contributed by atoms with Gasteiger partial charge in [0.25, 0.3) is 0 Å². The van der Waals surface area contributed by atoms with E-state index in [4.69, 9.17) is 33.7 Å². The zero-order chi connectivity index (χ0) is 21.1. The van der Waals surface area contributed by atoms with Gasteiger partial charge < -0.3 is 15.2 Å². The maximum Gasteiger partial charge on any atom is 0.419 e. The quantitative estimate of drug-likeness (QED) is 0.630. The average molecular weight is 444 g/mol. The van der Waals surface area contributed by atoms with Crippen LogP contribution in [0.5, 0.6) is 0 Å². The number of nitrogens with one attached hydrogen (secondary N) is 1. The fourth-order valence-corrected chi connectivity index (χ4v) is 3.66. The molecule has 0 aliphatic carbocycles. The normalized spacial score (nSPS) is 11.5. The zero-order valence-electron chi connectivity index (χ0n) is 16.0.